The molecular formula is C14H14N2O2. The second kappa shape index (κ2) is 4.38. The maximum atomic E-state index is 10.8. The maximum absolute atomic E-state index is 10.8. The number of fused-ring (bicyclic) bond motifs is 1. The largest absolute Gasteiger partial charge is 0.481 e. The van der Waals surface area contributed by atoms with Gasteiger partial charge in [0.25, 0.3) is 0 Å². The Labute approximate surface area is 105 Å². The van der Waals surface area contributed by atoms with E-state index in [9.17, 15) is 4.79 Å². The number of hydrogen-bond acceptors (Lipinski definition) is 3. The SMILES string of the molecule is O=C(O)C1CN(Cc2ccnc3ccccc23)C1. The predicted octanol–water partition coefficient (Wildman–Crippen LogP) is 1.75. The van der Waals surface area contributed by atoms with Crippen molar-refractivity contribution in [1.82, 2.24) is 9.88 Å². The highest BCUT2D eigenvalue weighted by Crippen LogP contribution is 2.22. The summed E-state index contributed by atoms with van der Waals surface area (Å²) in [4.78, 5) is 17.2. The molecule has 0 saturated carbocycles. The number of aromatic nitrogens is 1. The molecule has 2 aromatic rings. The summed E-state index contributed by atoms with van der Waals surface area (Å²) in [5, 5.41) is 10.0. The third kappa shape index (κ3) is 1.95. The molecular weight excluding hydrogens is 228 g/mol. The van der Waals surface area contributed by atoms with Crippen molar-refractivity contribution in [3.8, 4) is 0 Å². The first-order valence-electron chi connectivity index (χ1n) is 6.02. The fourth-order valence-electron chi connectivity index (χ4n) is 2.39. The number of carboxylic acid groups (broad SMARTS) is 1. The number of carbonyl (C=O) groups is 1. The van der Waals surface area contributed by atoms with Gasteiger partial charge in [0.1, 0.15) is 0 Å². The minimum atomic E-state index is -0.689. The second-order valence-corrected chi connectivity index (χ2v) is 4.72. The fourth-order valence-corrected chi connectivity index (χ4v) is 2.39. The number of rotatable bonds is 3. The van der Waals surface area contributed by atoms with Crippen LogP contribution in [0, 0.1) is 5.92 Å². The molecule has 0 atom stereocenters. The molecule has 1 aliphatic rings. The number of aliphatic carboxylic acids is 1. The van der Waals surface area contributed by atoms with Crippen molar-refractivity contribution in [3.63, 3.8) is 0 Å². The average molecular weight is 242 g/mol. The Morgan fingerprint density at radius 3 is 2.89 bits per heavy atom. The summed E-state index contributed by atoms with van der Waals surface area (Å²) < 4.78 is 0. The molecule has 0 aliphatic carbocycles. The summed E-state index contributed by atoms with van der Waals surface area (Å²) in [6.07, 6.45) is 1.81. The molecule has 1 aromatic heterocycles. The summed E-state index contributed by atoms with van der Waals surface area (Å²) >= 11 is 0. The molecule has 92 valence electrons. The molecule has 18 heavy (non-hydrogen) atoms. The number of para-hydroxylation sites is 1. The minimum Gasteiger partial charge on any atom is -0.481 e. The predicted molar refractivity (Wildman–Crippen MR) is 68.1 cm³/mol. The zero-order valence-electron chi connectivity index (χ0n) is 9.91. The van der Waals surface area contributed by atoms with Crippen molar-refractivity contribution < 1.29 is 9.90 Å². The van der Waals surface area contributed by atoms with E-state index in [1.165, 1.54) is 5.56 Å². The number of nitrogens with zero attached hydrogens (tertiary/aromatic N) is 2. The molecule has 1 saturated heterocycles. The van der Waals surface area contributed by atoms with Crippen molar-refractivity contribution in [3.05, 3.63) is 42.1 Å². The van der Waals surface area contributed by atoms with Crippen LogP contribution in [-0.4, -0.2) is 34.0 Å². The lowest BCUT2D eigenvalue weighted by Gasteiger charge is -2.36. The summed E-state index contributed by atoms with van der Waals surface area (Å²) in [5.74, 6) is -0.885. The zero-order chi connectivity index (χ0) is 12.5. The summed E-state index contributed by atoms with van der Waals surface area (Å²) in [5.41, 5.74) is 2.20. The first-order chi connectivity index (χ1) is 8.74. The second-order valence-electron chi connectivity index (χ2n) is 4.72. The molecule has 1 N–H and O–H groups in total. The van der Waals surface area contributed by atoms with E-state index in [1.807, 2.05) is 30.5 Å². The van der Waals surface area contributed by atoms with Crippen LogP contribution in [-0.2, 0) is 11.3 Å². The Hall–Kier alpha value is -1.94. The van der Waals surface area contributed by atoms with Gasteiger partial charge in [-0.15, -0.1) is 0 Å². The lowest BCUT2D eigenvalue weighted by Crippen LogP contribution is -2.49. The van der Waals surface area contributed by atoms with E-state index in [-0.39, 0.29) is 5.92 Å². The number of carboxylic acids is 1. The van der Waals surface area contributed by atoms with E-state index in [4.69, 9.17) is 5.11 Å². The van der Waals surface area contributed by atoms with Crippen LogP contribution in [0.25, 0.3) is 10.9 Å². The van der Waals surface area contributed by atoms with Gasteiger partial charge < -0.3 is 5.11 Å². The van der Waals surface area contributed by atoms with E-state index >= 15 is 0 Å². The molecule has 0 spiro atoms. The maximum Gasteiger partial charge on any atom is 0.309 e. The van der Waals surface area contributed by atoms with E-state index in [0.29, 0.717) is 13.1 Å². The molecule has 1 aromatic carbocycles. The van der Waals surface area contributed by atoms with Crippen LogP contribution in [0.15, 0.2) is 36.5 Å². The molecule has 0 radical (unpaired) electrons. The van der Waals surface area contributed by atoms with Gasteiger partial charge in [-0.05, 0) is 17.7 Å². The lowest BCUT2D eigenvalue weighted by molar-refractivity contribution is -0.147. The van der Waals surface area contributed by atoms with Crippen LogP contribution in [0.1, 0.15) is 5.56 Å². The van der Waals surface area contributed by atoms with Crippen LogP contribution in [0.5, 0.6) is 0 Å². The van der Waals surface area contributed by atoms with E-state index < -0.39 is 5.97 Å². The van der Waals surface area contributed by atoms with E-state index in [1.54, 1.807) is 0 Å². The van der Waals surface area contributed by atoms with Crippen molar-refractivity contribution >= 4 is 16.9 Å². The Bertz CT molecular complexity index is 586. The molecule has 2 heterocycles. The molecule has 4 heteroatoms. The number of pyridine rings is 1. The quantitative estimate of drug-likeness (QED) is 0.891. The monoisotopic (exact) mass is 242 g/mol. The third-order valence-electron chi connectivity index (χ3n) is 3.44. The van der Waals surface area contributed by atoms with Crippen LogP contribution in [0.2, 0.25) is 0 Å². The molecule has 1 aliphatic heterocycles. The third-order valence-corrected chi connectivity index (χ3v) is 3.44. The van der Waals surface area contributed by atoms with Crippen molar-refractivity contribution in [1.29, 1.82) is 0 Å². The molecule has 0 amide bonds. The van der Waals surface area contributed by atoms with Gasteiger partial charge in [-0.3, -0.25) is 14.7 Å². The zero-order valence-corrected chi connectivity index (χ0v) is 9.91. The Morgan fingerprint density at radius 2 is 2.11 bits per heavy atom. The van der Waals surface area contributed by atoms with Gasteiger partial charge >= 0.3 is 5.97 Å². The van der Waals surface area contributed by atoms with Crippen LogP contribution >= 0.6 is 0 Å². The Morgan fingerprint density at radius 1 is 1.33 bits per heavy atom. The highest BCUT2D eigenvalue weighted by Gasteiger charge is 2.32. The minimum absolute atomic E-state index is 0.196. The summed E-state index contributed by atoms with van der Waals surface area (Å²) in [6, 6.07) is 10.0. The van der Waals surface area contributed by atoms with Crippen molar-refractivity contribution in [2.45, 2.75) is 6.54 Å². The molecule has 1 fully saturated rings. The topological polar surface area (TPSA) is 53.4 Å². The van der Waals surface area contributed by atoms with Gasteiger partial charge in [0.15, 0.2) is 0 Å². The smallest absolute Gasteiger partial charge is 0.309 e. The van der Waals surface area contributed by atoms with Gasteiger partial charge in [0, 0.05) is 31.2 Å². The number of likely N-dealkylation sites (tertiary alicyclic amines) is 1. The van der Waals surface area contributed by atoms with Crippen LogP contribution in [0.4, 0.5) is 0 Å². The summed E-state index contributed by atoms with van der Waals surface area (Å²) in [7, 11) is 0. The van der Waals surface area contributed by atoms with Crippen LogP contribution in [0.3, 0.4) is 0 Å². The van der Waals surface area contributed by atoms with Crippen molar-refractivity contribution in [2.24, 2.45) is 5.92 Å². The fraction of sp³-hybridized carbons (Fsp3) is 0.286. The van der Waals surface area contributed by atoms with Crippen LogP contribution < -0.4 is 0 Å². The normalized spacial score (nSPS) is 16.7. The number of hydrogen-bond donors (Lipinski definition) is 1. The number of benzene rings is 1. The highest BCUT2D eigenvalue weighted by atomic mass is 16.4. The molecule has 0 bridgehead atoms. The van der Waals surface area contributed by atoms with Gasteiger partial charge in [0.05, 0.1) is 11.4 Å². The van der Waals surface area contributed by atoms with Gasteiger partial charge in [-0.2, -0.15) is 0 Å². The van der Waals surface area contributed by atoms with Gasteiger partial charge in [0.2, 0.25) is 0 Å². The highest BCUT2D eigenvalue weighted by molar-refractivity contribution is 5.81. The summed E-state index contributed by atoms with van der Waals surface area (Å²) in [6.45, 7) is 2.09. The van der Waals surface area contributed by atoms with E-state index in [0.717, 1.165) is 17.4 Å². The first kappa shape index (κ1) is 11.2. The first-order valence-corrected chi connectivity index (χ1v) is 6.02. The molecule has 0 unspecified atom stereocenters. The van der Waals surface area contributed by atoms with E-state index in [2.05, 4.69) is 16.0 Å². The standard InChI is InChI=1S/C14H14N2O2/c17-14(18)11-8-16(9-11)7-10-5-6-15-13-4-2-1-3-12(10)13/h1-6,11H,7-9H2,(H,17,18). The van der Waals surface area contributed by atoms with Gasteiger partial charge in [-0.1, -0.05) is 18.2 Å². The van der Waals surface area contributed by atoms with Crippen molar-refractivity contribution in [2.75, 3.05) is 13.1 Å². The van der Waals surface area contributed by atoms with Gasteiger partial charge in [-0.25, -0.2) is 0 Å². The Kier molecular flexibility index (Phi) is 2.72. The average Bonchev–Trinajstić information content (AvgIpc) is 2.33. The lowest BCUT2D eigenvalue weighted by atomic mass is 9.99. The molecule has 4 nitrogen and oxygen atoms in total. The molecule has 3 rings (SSSR count). The Balaban J connectivity index is 1.78.